The van der Waals surface area contributed by atoms with E-state index in [1.165, 1.54) is 38.4 Å². The van der Waals surface area contributed by atoms with Gasteiger partial charge in [-0.15, -0.1) is 0 Å². The summed E-state index contributed by atoms with van der Waals surface area (Å²) in [5.74, 6) is 0. The summed E-state index contributed by atoms with van der Waals surface area (Å²) in [5, 5.41) is 7.73. The third kappa shape index (κ3) is 3.56. The molecule has 8 aromatic rings. The fourth-order valence-electron chi connectivity index (χ4n) is 6.17. The number of hydrogen-bond donors (Lipinski definition) is 0. The van der Waals surface area contributed by atoms with Crippen molar-refractivity contribution < 1.29 is 4.42 Å². The van der Waals surface area contributed by atoms with Gasteiger partial charge in [-0.05, 0) is 73.6 Å². The first kappa shape index (κ1) is 23.1. The van der Waals surface area contributed by atoms with E-state index in [0.29, 0.717) is 0 Å². The molecule has 40 heavy (non-hydrogen) atoms. The molecule has 0 aliphatic heterocycles. The second-order valence-corrected chi connectivity index (χ2v) is 10.6. The first-order valence-electron chi connectivity index (χ1n) is 13.5. The van der Waals surface area contributed by atoms with Crippen LogP contribution < -0.4 is 0 Å². The smallest absolute Gasteiger partial charge is 0.143 e. The minimum absolute atomic E-state index is 0.733. The zero-order valence-electron chi connectivity index (χ0n) is 21.6. The summed E-state index contributed by atoms with van der Waals surface area (Å²) in [6.45, 7) is 0. The minimum Gasteiger partial charge on any atom is -0.455 e. The van der Waals surface area contributed by atoms with Crippen LogP contribution in [0.3, 0.4) is 0 Å². The first-order chi connectivity index (χ1) is 19.8. The number of furan rings is 1. The Balaban J connectivity index is 1.52. The summed E-state index contributed by atoms with van der Waals surface area (Å²) in [6, 6.07) is 49.0. The lowest BCUT2D eigenvalue weighted by atomic mass is 9.85. The van der Waals surface area contributed by atoms with Crippen LogP contribution in [0.15, 0.2) is 144 Å². The van der Waals surface area contributed by atoms with Gasteiger partial charge in [-0.1, -0.05) is 127 Å². The van der Waals surface area contributed by atoms with Gasteiger partial charge in [0, 0.05) is 21.4 Å². The van der Waals surface area contributed by atoms with E-state index < -0.39 is 0 Å². The van der Waals surface area contributed by atoms with E-state index in [9.17, 15) is 0 Å². The van der Waals surface area contributed by atoms with Crippen molar-refractivity contribution in [3.8, 4) is 33.4 Å². The van der Waals surface area contributed by atoms with Crippen molar-refractivity contribution in [2.24, 2.45) is 0 Å². The molecule has 2 heteroatoms. The van der Waals surface area contributed by atoms with Crippen molar-refractivity contribution in [3.63, 3.8) is 0 Å². The molecule has 0 N–H and O–H groups in total. The molecule has 0 saturated carbocycles. The van der Waals surface area contributed by atoms with Crippen LogP contribution in [0, 0.1) is 0 Å². The van der Waals surface area contributed by atoms with E-state index in [1.807, 2.05) is 18.2 Å². The Morgan fingerprint density at radius 3 is 1.73 bits per heavy atom. The van der Waals surface area contributed by atoms with E-state index in [1.54, 1.807) is 0 Å². The highest BCUT2D eigenvalue weighted by Crippen LogP contribution is 2.46. The topological polar surface area (TPSA) is 13.1 Å². The maximum Gasteiger partial charge on any atom is 0.143 e. The van der Waals surface area contributed by atoms with Gasteiger partial charge in [0.1, 0.15) is 11.2 Å². The summed E-state index contributed by atoms with van der Waals surface area (Å²) in [6.07, 6.45) is 0. The fraction of sp³-hybridized carbons (Fsp3) is 0. The maximum atomic E-state index is 6.61. The summed E-state index contributed by atoms with van der Waals surface area (Å²) in [4.78, 5) is 0. The molecule has 0 bridgehead atoms. The summed E-state index contributed by atoms with van der Waals surface area (Å²) in [7, 11) is 0. The molecule has 0 unspecified atom stereocenters. The van der Waals surface area contributed by atoms with E-state index in [2.05, 4.69) is 121 Å². The van der Waals surface area contributed by atoms with Gasteiger partial charge in [-0.25, -0.2) is 0 Å². The quantitative estimate of drug-likeness (QED) is 0.207. The molecule has 188 valence electrons. The third-order valence-electron chi connectivity index (χ3n) is 7.92. The SMILES string of the molecule is Clc1ccc2c(-c3ccccc3)c3cc(-c4cccc5c4oc4ccccc45)ccc3c(-c3ccccc3)c2c1. The van der Waals surface area contributed by atoms with E-state index in [4.69, 9.17) is 16.0 Å². The second-order valence-electron chi connectivity index (χ2n) is 10.2. The molecule has 8 rings (SSSR count). The van der Waals surface area contributed by atoms with Crippen molar-refractivity contribution in [2.75, 3.05) is 0 Å². The Bertz CT molecular complexity index is 2210. The van der Waals surface area contributed by atoms with E-state index >= 15 is 0 Å². The van der Waals surface area contributed by atoms with Crippen LogP contribution in [-0.4, -0.2) is 0 Å². The van der Waals surface area contributed by atoms with Crippen LogP contribution in [-0.2, 0) is 0 Å². The molecule has 0 atom stereocenters. The monoisotopic (exact) mass is 530 g/mol. The lowest BCUT2D eigenvalue weighted by molar-refractivity contribution is 0.670. The van der Waals surface area contributed by atoms with Crippen molar-refractivity contribution in [1.29, 1.82) is 0 Å². The van der Waals surface area contributed by atoms with E-state index in [-0.39, 0.29) is 0 Å². The van der Waals surface area contributed by atoms with E-state index in [0.717, 1.165) is 43.5 Å². The van der Waals surface area contributed by atoms with Crippen LogP contribution in [0.2, 0.25) is 5.02 Å². The molecule has 1 aromatic heterocycles. The molecule has 0 fully saturated rings. The Hall–Kier alpha value is -4.85. The highest BCUT2D eigenvalue weighted by molar-refractivity contribution is 6.32. The minimum atomic E-state index is 0.733. The molecule has 0 saturated heterocycles. The highest BCUT2D eigenvalue weighted by atomic mass is 35.5. The third-order valence-corrected chi connectivity index (χ3v) is 8.15. The fourth-order valence-corrected chi connectivity index (χ4v) is 6.35. The maximum absolute atomic E-state index is 6.61. The lowest BCUT2D eigenvalue weighted by Gasteiger charge is -2.19. The summed E-state index contributed by atoms with van der Waals surface area (Å²) in [5.41, 5.74) is 8.80. The first-order valence-corrected chi connectivity index (χ1v) is 13.8. The molecular formula is C38H23ClO. The predicted molar refractivity (Wildman–Crippen MR) is 170 cm³/mol. The van der Waals surface area contributed by atoms with Crippen molar-refractivity contribution in [2.45, 2.75) is 0 Å². The lowest BCUT2D eigenvalue weighted by Crippen LogP contribution is -1.92. The van der Waals surface area contributed by atoms with Crippen molar-refractivity contribution in [3.05, 3.63) is 145 Å². The Kier molecular flexibility index (Phi) is 5.26. The zero-order valence-corrected chi connectivity index (χ0v) is 22.3. The average Bonchev–Trinajstić information content (AvgIpc) is 3.39. The second kappa shape index (κ2) is 9.12. The van der Waals surface area contributed by atoms with Gasteiger partial charge in [0.25, 0.3) is 0 Å². The van der Waals surface area contributed by atoms with Gasteiger partial charge >= 0.3 is 0 Å². The number of benzene rings is 7. The number of hydrogen-bond acceptors (Lipinski definition) is 1. The van der Waals surface area contributed by atoms with Crippen LogP contribution in [0.5, 0.6) is 0 Å². The predicted octanol–water partition coefficient (Wildman–Crippen LogP) is 11.5. The van der Waals surface area contributed by atoms with Gasteiger partial charge in [-0.3, -0.25) is 0 Å². The van der Waals surface area contributed by atoms with Crippen molar-refractivity contribution in [1.82, 2.24) is 0 Å². The van der Waals surface area contributed by atoms with Crippen LogP contribution in [0.1, 0.15) is 0 Å². The van der Waals surface area contributed by atoms with Crippen LogP contribution in [0.25, 0.3) is 76.9 Å². The number of fused-ring (bicyclic) bond motifs is 5. The number of para-hydroxylation sites is 2. The molecule has 1 nitrogen and oxygen atoms in total. The Morgan fingerprint density at radius 1 is 0.400 bits per heavy atom. The van der Waals surface area contributed by atoms with Gasteiger partial charge < -0.3 is 4.42 Å². The van der Waals surface area contributed by atoms with Gasteiger partial charge in [-0.2, -0.15) is 0 Å². The standard InChI is InChI=1S/C38H23ClO/c39-27-19-21-31-34(23-27)37(25-12-5-2-6-13-25)30-20-18-26(22-33(30)36(31)24-10-3-1-4-11-24)28-15-9-16-32-29-14-7-8-17-35(29)40-38(28)32/h1-23H. The van der Waals surface area contributed by atoms with Gasteiger partial charge in [0.15, 0.2) is 0 Å². The molecule has 0 spiro atoms. The van der Waals surface area contributed by atoms with Crippen LogP contribution >= 0.6 is 11.6 Å². The molecule has 0 aliphatic rings. The molecule has 0 aliphatic carbocycles. The average molecular weight is 531 g/mol. The molecule has 7 aromatic carbocycles. The molecule has 0 radical (unpaired) electrons. The highest BCUT2D eigenvalue weighted by Gasteiger charge is 2.19. The molecular weight excluding hydrogens is 508 g/mol. The number of rotatable bonds is 3. The van der Waals surface area contributed by atoms with Crippen LogP contribution in [0.4, 0.5) is 0 Å². The molecule has 0 amide bonds. The Labute approximate surface area is 236 Å². The van der Waals surface area contributed by atoms with Gasteiger partial charge in [0.05, 0.1) is 0 Å². The largest absolute Gasteiger partial charge is 0.455 e. The number of halogens is 1. The summed E-state index contributed by atoms with van der Waals surface area (Å²) >= 11 is 6.61. The van der Waals surface area contributed by atoms with Gasteiger partial charge in [0.2, 0.25) is 0 Å². The summed E-state index contributed by atoms with van der Waals surface area (Å²) < 4.78 is 6.43. The van der Waals surface area contributed by atoms with Crippen molar-refractivity contribution >= 4 is 55.1 Å². The normalized spacial score (nSPS) is 11.6. The Morgan fingerprint density at radius 2 is 1.00 bits per heavy atom. The zero-order chi connectivity index (χ0) is 26.6. The molecule has 1 heterocycles.